The van der Waals surface area contributed by atoms with Crippen molar-refractivity contribution >= 4 is 27.9 Å². The number of amides is 1. The van der Waals surface area contributed by atoms with Gasteiger partial charge in [0, 0.05) is 25.0 Å². The van der Waals surface area contributed by atoms with Gasteiger partial charge in [-0.3, -0.25) is 9.59 Å². The molecule has 0 spiro atoms. The Morgan fingerprint density at radius 1 is 1.03 bits per heavy atom. The predicted octanol–water partition coefficient (Wildman–Crippen LogP) is 2.06. The van der Waals surface area contributed by atoms with Crippen molar-refractivity contribution in [1.29, 1.82) is 0 Å². The highest BCUT2D eigenvalue weighted by atomic mass is 32.2. The zero-order valence-corrected chi connectivity index (χ0v) is 19.9. The summed E-state index contributed by atoms with van der Waals surface area (Å²) in [7, 11) is -3.75. The van der Waals surface area contributed by atoms with E-state index in [1.54, 1.807) is 13.8 Å². The van der Waals surface area contributed by atoms with Crippen molar-refractivity contribution in [3.05, 3.63) is 29.8 Å². The van der Waals surface area contributed by atoms with Crippen LogP contribution in [0.5, 0.6) is 0 Å². The fourth-order valence-corrected chi connectivity index (χ4v) is 5.03. The number of piperidine rings is 1. The number of hydrogen-bond acceptors (Lipinski definition) is 7. The number of esters is 2. The van der Waals surface area contributed by atoms with Gasteiger partial charge in [-0.1, -0.05) is 0 Å². The van der Waals surface area contributed by atoms with Crippen LogP contribution in [0.15, 0.2) is 29.2 Å². The van der Waals surface area contributed by atoms with E-state index in [1.165, 1.54) is 33.5 Å². The van der Waals surface area contributed by atoms with E-state index in [4.69, 9.17) is 9.47 Å². The van der Waals surface area contributed by atoms with Gasteiger partial charge in [0.1, 0.15) is 6.54 Å². The number of sulfonamides is 1. The summed E-state index contributed by atoms with van der Waals surface area (Å²) in [6.07, 6.45) is 0.732. The molecule has 1 aliphatic heterocycles. The zero-order chi connectivity index (χ0) is 23.9. The summed E-state index contributed by atoms with van der Waals surface area (Å²) in [5.74, 6) is -1.48. The molecule has 1 saturated heterocycles. The predicted molar refractivity (Wildman–Crippen MR) is 117 cm³/mol. The van der Waals surface area contributed by atoms with Gasteiger partial charge in [-0.15, -0.1) is 0 Å². The first-order valence-corrected chi connectivity index (χ1v) is 12.3. The molecule has 0 unspecified atom stereocenters. The summed E-state index contributed by atoms with van der Waals surface area (Å²) in [5.41, 5.74) is 0.283. The lowest BCUT2D eigenvalue weighted by atomic mass is 9.96. The highest BCUT2D eigenvalue weighted by molar-refractivity contribution is 7.89. The minimum Gasteiger partial charge on any atom is -0.465 e. The van der Waals surface area contributed by atoms with Gasteiger partial charge in [-0.05, 0) is 64.8 Å². The van der Waals surface area contributed by atoms with Crippen LogP contribution in [0.1, 0.15) is 50.9 Å². The second-order valence-electron chi connectivity index (χ2n) is 7.79. The molecule has 0 N–H and O–H groups in total. The minimum absolute atomic E-state index is 0.0847. The number of rotatable bonds is 9. The molecule has 1 fully saturated rings. The molecule has 0 bridgehead atoms. The summed E-state index contributed by atoms with van der Waals surface area (Å²) in [6, 6.07) is 5.46. The van der Waals surface area contributed by atoms with Crippen molar-refractivity contribution in [3.8, 4) is 0 Å². The number of carbonyl (C=O) groups is 3. The average molecular weight is 469 g/mol. The van der Waals surface area contributed by atoms with Gasteiger partial charge in [-0.2, -0.15) is 4.31 Å². The largest absolute Gasteiger partial charge is 0.465 e. The number of ether oxygens (including phenoxy) is 2. The Bertz CT molecular complexity index is 905. The second-order valence-corrected chi connectivity index (χ2v) is 9.73. The van der Waals surface area contributed by atoms with Crippen molar-refractivity contribution < 1.29 is 32.3 Å². The zero-order valence-electron chi connectivity index (χ0n) is 19.1. The molecule has 1 heterocycles. The van der Waals surface area contributed by atoms with E-state index in [9.17, 15) is 22.8 Å². The van der Waals surface area contributed by atoms with Gasteiger partial charge in [0.05, 0.1) is 23.7 Å². The van der Waals surface area contributed by atoms with E-state index in [1.807, 2.05) is 13.8 Å². The van der Waals surface area contributed by atoms with Gasteiger partial charge in [0.25, 0.3) is 0 Å². The average Bonchev–Trinajstić information content (AvgIpc) is 2.77. The maximum atomic E-state index is 13.0. The molecule has 2 rings (SSSR count). The summed E-state index contributed by atoms with van der Waals surface area (Å²) in [5, 5.41) is 0. The molecule has 0 atom stereocenters. The molecule has 1 amide bonds. The van der Waals surface area contributed by atoms with Crippen LogP contribution in [0.3, 0.4) is 0 Å². The van der Waals surface area contributed by atoms with Crippen molar-refractivity contribution in [3.63, 3.8) is 0 Å². The van der Waals surface area contributed by atoms with Crippen LogP contribution in [-0.4, -0.2) is 74.4 Å². The molecule has 0 radical (unpaired) electrons. The molecule has 0 aromatic heterocycles. The maximum absolute atomic E-state index is 13.0. The molecule has 32 heavy (non-hydrogen) atoms. The van der Waals surface area contributed by atoms with E-state index >= 15 is 0 Å². The van der Waals surface area contributed by atoms with E-state index in [2.05, 4.69) is 0 Å². The minimum atomic E-state index is -3.75. The third-order valence-corrected chi connectivity index (χ3v) is 7.23. The molecule has 9 nitrogen and oxygen atoms in total. The Morgan fingerprint density at radius 2 is 1.59 bits per heavy atom. The van der Waals surface area contributed by atoms with Crippen LogP contribution in [0.2, 0.25) is 0 Å². The van der Waals surface area contributed by atoms with Gasteiger partial charge in [0.15, 0.2) is 0 Å². The van der Waals surface area contributed by atoms with E-state index < -0.39 is 22.0 Å². The Balaban J connectivity index is 2.03. The third-order valence-electron chi connectivity index (χ3n) is 5.32. The standard InChI is InChI=1S/C22H32N2O7S/c1-5-30-20(25)15-24(16(3)4)21(26)17-11-13-23(14-12-17)32(28,29)19-9-7-18(8-10-19)22(27)31-6-2/h7-10,16-17H,5-6,11-15H2,1-4H3. The Kier molecular flexibility index (Phi) is 9.21. The van der Waals surface area contributed by atoms with Gasteiger partial charge < -0.3 is 14.4 Å². The van der Waals surface area contributed by atoms with E-state index in [0.29, 0.717) is 12.8 Å². The maximum Gasteiger partial charge on any atom is 0.338 e. The molecule has 0 saturated carbocycles. The highest BCUT2D eigenvalue weighted by Gasteiger charge is 2.35. The molecular formula is C22H32N2O7S. The van der Waals surface area contributed by atoms with Crippen LogP contribution in [0.4, 0.5) is 0 Å². The summed E-state index contributed by atoms with van der Waals surface area (Å²) >= 11 is 0. The lowest BCUT2D eigenvalue weighted by molar-refractivity contribution is -0.152. The SMILES string of the molecule is CCOC(=O)CN(C(=O)C1CCN(S(=O)(=O)c2ccc(C(=O)OCC)cc2)CC1)C(C)C. The number of nitrogens with zero attached hydrogens (tertiary/aromatic N) is 2. The lowest BCUT2D eigenvalue weighted by Crippen LogP contribution is -2.48. The summed E-state index contributed by atoms with van der Waals surface area (Å²) < 4.78 is 37.2. The van der Waals surface area contributed by atoms with Crippen LogP contribution in [0, 0.1) is 5.92 Å². The quantitative estimate of drug-likeness (QED) is 0.510. The number of hydrogen-bond donors (Lipinski definition) is 0. The van der Waals surface area contributed by atoms with Crippen molar-refractivity contribution in [2.24, 2.45) is 5.92 Å². The Hall–Kier alpha value is -2.46. The van der Waals surface area contributed by atoms with Gasteiger partial charge in [-0.25, -0.2) is 13.2 Å². The fourth-order valence-electron chi connectivity index (χ4n) is 3.56. The lowest BCUT2D eigenvalue weighted by Gasteiger charge is -2.34. The van der Waals surface area contributed by atoms with Gasteiger partial charge >= 0.3 is 11.9 Å². The van der Waals surface area contributed by atoms with E-state index in [-0.39, 0.29) is 61.2 Å². The topological polar surface area (TPSA) is 110 Å². The molecule has 1 aromatic carbocycles. The molecule has 1 aliphatic rings. The first kappa shape index (κ1) is 25.8. The van der Waals surface area contributed by atoms with Crippen LogP contribution in [-0.2, 0) is 29.1 Å². The Labute approximate surface area is 189 Å². The van der Waals surface area contributed by atoms with E-state index in [0.717, 1.165) is 0 Å². The molecule has 0 aliphatic carbocycles. The van der Waals surface area contributed by atoms with Gasteiger partial charge in [0.2, 0.25) is 15.9 Å². The molecule has 10 heteroatoms. The van der Waals surface area contributed by atoms with Crippen molar-refractivity contribution in [2.45, 2.75) is 51.5 Å². The van der Waals surface area contributed by atoms with Crippen LogP contribution in [0.25, 0.3) is 0 Å². The highest BCUT2D eigenvalue weighted by Crippen LogP contribution is 2.26. The molecular weight excluding hydrogens is 436 g/mol. The first-order chi connectivity index (χ1) is 15.1. The molecule has 1 aromatic rings. The normalized spacial score (nSPS) is 15.4. The van der Waals surface area contributed by atoms with Crippen molar-refractivity contribution in [1.82, 2.24) is 9.21 Å². The number of benzene rings is 1. The Morgan fingerprint density at radius 3 is 2.09 bits per heavy atom. The van der Waals surface area contributed by atoms with Crippen LogP contribution < -0.4 is 0 Å². The fraction of sp³-hybridized carbons (Fsp3) is 0.591. The summed E-state index contributed by atoms with van der Waals surface area (Å²) in [4.78, 5) is 38.2. The van der Waals surface area contributed by atoms with Crippen molar-refractivity contribution in [2.75, 3.05) is 32.8 Å². The third kappa shape index (κ3) is 6.29. The second kappa shape index (κ2) is 11.4. The molecule has 178 valence electrons. The first-order valence-electron chi connectivity index (χ1n) is 10.8. The monoisotopic (exact) mass is 468 g/mol. The smallest absolute Gasteiger partial charge is 0.338 e. The van der Waals surface area contributed by atoms with Crippen LogP contribution >= 0.6 is 0 Å². The summed E-state index contributed by atoms with van der Waals surface area (Å²) in [6.45, 7) is 7.83. The number of carbonyl (C=O) groups excluding carboxylic acids is 3.